The lowest BCUT2D eigenvalue weighted by Crippen LogP contribution is -3.00. The Hall–Kier alpha value is -0.610. The van der Waals surface area contributed by atoms with Crippen molar-refractivity contribution in [3.8, 4) is 0 Å². The third-order valence-corrected chi connectivity index (χ3v) is 4.38. The fourth-order valence-corrected chi connectivity index (χ4v) is 3.29. The summed E-state index contributed by atoms with van der Waals surface area (Å²) < 4.78 is 3.38. The molecule has 3 aromatic rings. The van der Waals surface area contributed by atoms with Crippen molar-refractivity contribution in [2.75, 3.05) is 0 Å². The summed E-state index contributed by atoms with van der Waals surface area (Å²) >= 11 is 13.9. The molecule has 0 spiro atoms. The lowest BCUT2D eigenvalue weighted by molar-refractivity contribution is -0.658. The van der Waals surface area contributed by atoms with Crippen molar-refractivity contribution >= 4 is 44.8 Å². The molecule has 1 aromatic heterocycles. The molecule has 0 aliphatic carbocycles. The molecule has 0 saturated carbocycles. The van der Waals surface area contributed by atoms with E-state index >= 15 is 0 Å². The molecule has 0 fully saturated rings. The smallest absolute Gasteiger partial charge is 0.226 e. The Morgan fingerprint density at radius 3 is 2.63 bits per heavy atom. The molecule has 98 valence electrons. The van der Waals surface area contributed by atoms with Gasteiger partial charge in [-0.15, -0.1) is 0 Å². The van der Waals surface area contributed by atoms with Gasteiger partial charge in [-0.3, -0.25) is 0 Å². The van der Waals surface area contributed by atoms with Crippen molar-refractivity contribution in [3.63, 3.8) is 0 Å². The number of rotatable bonds is 2. The van der Waals surface area contributed by atoms with Crippen molar-refractivity contribution in [2.45, 2.75) is 6.54 Å². The van der Waals surface area contributed by atoms with Crippen LogP contribution in [0.4, 0.5) is 0 Å². The van der Waals surface area contributed by atoms with Crippen LogP contribution < -0.4 is 21.5 Å². The van der Waals surface area contributed by atoms with Gasteiger partial charge >= 0.3 is 0 Å². The van der Waals surface area contributed by atoms with Gasteiger partial charge in [0.05, 0.1) is 5.02 Å². The molecule has 0 radical (unpaired) electrons. The molecule has 1 nitrogen and oxygen atoms in total. The van der Waals surface area contributed by atoms with Crippen molar-refractivity contribution in [2.24, 2.45) is 0 Å². The topological polar surface area (TPSA) is 3.88 Å². The molecule has 0 atom stereocenters. The Labute approximate surface area is 136 Å². The summed E-state index contributed by atoms with van der Waals surface area (Å²) in [7, 11) is 0. The minimum atomic E-state index is 0. The molecule has 0 unspecified atom stereocenters. The zero-order valence-corrected chi connectivity index (χ0v) is 13.7. The SMILES string of the molecule is Clc1ccc2c(c1)sc[n+]2Cc1ccccc1Cl.[Br-]. The van der Waals surface area contributed by atoms with E-state index in [1.54, 1.807) is 11.3 Å². The molecule has 0 aliphatic heterocycles. The summed E-state index contributed by atoms with van der Waals surface area (Å²) in [4.78, 5) is 0. The third kappa shape index (κ3) is 3.11. The molecule has 0 bridgehead atoms. The average molecular weight is 375 g/mol. The molecule has 1 heterocycles. The van der Waals surface area contributed by atoms with Gasteiger partial charge in [0, 0.05) is 16.7 Å². The normalized spacial score (nSPS) is 10.4. The van der Waals surface area contributed by atoms with Crippen molar-refractivity contribution in [1.29, 1.82) is 0 Å². The van der Waals surface area contributed by atoms with Crippen LogP contribution in [0.15, 0.2) is 48.0 Å². The monoisotopic (exact) mass is 373 g/mol. The van der Waals surface area contributed by atoms with Crippen LogP contribution in [-0.2, 0) is 6.54 Å². The fraction of sp³-hybridized carbons (Fsp3) is 0.0714. The van der Waals surface area contributed by atoms with Gasteiger partial charge in [0.2, 0.25) is 11.0 Å². The van der Waals surface area contributed by atoms with Crippen LogP contribution in [0.1, 0.15) is 5.56 Å². The van der Waals surface area contributed by atoms with Crippen LogP contribution in [0.3, 0.4) is 0 Å². The minimum absolute atomic E-state index is 0. The van der Waals surface area contributed by atoms with E-state index in [0.29, 0.717) is 0 Å². The summed E-state index contributed by atoms with van der Waals surface area (Å²) in [5.74, 6) is 0. The van der Waals surface area contributed by atoms with Gasteiger partial charge in [0.15, 0.2) is 6.54 Å². The van der Waals surface area contributed by atoms with Gasteiger partial charge in [-0.05, 0) is 18.2 Å². The second-order valence-electron chi connectivity index (χ2n) is 4.05. The van der Waals surface area contributed by atoms with Crippen molar-refractivity contribution in [3.05, 3.63) is 63.6 Å². The molecule has 0 amide bonds. The van der Waals surface area contributed by atoms with E-state index in [-0.39, 0.29) is 17.0 Å². The number of thiazole rings is 1. The molecule has 19 heavy (non-hydrogen) atoms. The highest BCUT2D eigenvalue weighted by atomic mass is 79.9. The molecular weight excluding hydrogens is 365 g/mol. The Morgan fingerprint density at radius 1 is 1.05 bits per heavy atom. The van der Waals surface area contributed by atoms with Gasteiger partial charge < -0.3 is 17.0 Å². The van der Waals surface area contributed by atoms with E-state index in [9.17, 15) is 0 Å². The van der Waals surface area contributed by atoms with Gasteiger partial charge in [-0.2, -0.15) is 4.57 Å². The van der Waals surface area contributed by atoms with Gasteiger partial charge in [0.1, 0.15) is 4.70 Å². The van der Waals surface area contributed by atoms with Crippen LogP contribution >= 0.6 is 34.5 Å². The zero-order valence-electron chi connectivity index (χ0n) is 9.82. The van der Waals surface area contributed by atoms with Crippen LogP contribution in [0.25, 0.3) is 10.2 Å². The Bertz CT molecular complexity index is 711. The number of fused-ring (bicyclic) bond motifs is 1. The quantitative estimate of drug-likeness (QED) is 0.599. The van der Waals surface area contributed by atoms with Crippen LogP contribution in [0.5, 0.6) is 0 Å². The maximum absolute atomic E-state index is 6.19. The first-order chi connectivity index (χ1) is 8.74. The number of aromatic nitrogens is 1. The third-order valence-electron chi connectivity index (χ3n) is 2.84. The zero-order chi connectivity index (χ0) is 12.5. The first-order valence-electron chi connectivity index (χ1n) is 5.53. The molecule has 0 saturated heterocycles. The molecular formula is C14H10BrCl2NS. The predicted octanol–water partition coefficient (Wildman–Crippen LogP) is 1.55. The minimum Gasteiger partial charge on any atom is -1.00 e. The molecule has 3 rings (SSSR count). The Balaban J connectivity index is 0.00000133. The standard InChI is InChI=1S/C14H10Cl2NS.BrH/c15-11-5-6-13-14(7-11)18-9-17(13)8-10-3-1-2-4-12(10)16;/h1-7,9H,8H2;1H/q+1;/p-1. The number of nitrogens with zero attached hydrogens (tertiary/aromatic N) is 1. The molecule has 5 heteroatoms. The van der Waals surface area contributed by atoms with E-state index in [1.807, 2.05) is 36.4 Å². The number of benzene rings is 2. The lowest BCUT2D eigenvalue weighted by atomic mass is 10.2. The maximum atomic E-state index is 6.19. The number of hydrogen-bond donors (Lipinski definition) is 0. The highest BCUT2D eigenvalue weighted by molar-refractivity contribution is 7.16. The van der Waals surface area contributed by atoms with E-state index < -0.39 is 0 Å². The van der Waals surface area contributed by atoms with Gasteiger partial charge in [0.25, 0.3) is 0 Å². The highest BCUT2D eigenvalue weighted by Crippen LogP contribution is 2.22. The Morgan fingerprint density at radius 2 is 1.84 bits per heavy atom. The summed E-state index contributed by atoms with van der Waals surface area (Å²) in [5.41, 5.74) is 4.41. The summed E-state index contributed by atoms with van der Waals surface area (Å²) in [6.07, 6.45) is 0. The maximum Gasteiger partial charge on any atom is 0.226 e. The second-order valence-corrected chi connectivity index (χ2v) is 5.78. The fourth-order valence-electron chi connectivity index (χ4n) is 1.93. The average Bonchev–Trinajstić information content (AvgIpc) is 2.74. The van der Waals surface area contributed by atoms with E-state index in [4.69, 9.17) is 23.2 Å². The first-order valence-corrected chi connectivity index (χ1v) is 7.17. The van der Waals surface area contributed by atoms with Gasteiger partial charge in [-0.25, -0.2) is 0 Å². The summed E-state index contributed by atoms with van der Waals surface area (Å²) in [6.45, 7) is 0.779. The largest absolute Gasteiger partial charge is 1.00 e. The van der Waals surface area contributed by atoms with Crippen LogP contribution in [0.2, 0.25) is 10.0 Å². The van der Waals surface area contributed by atoms with Crippen LogP contribution in [0, 0.1) is 0 Å². The first kappa shape index (κ1) is 14.8. The lowest BCUT2D eigenvalue weighted by Gasteiger charge is -1.99. The summed E-state index contributed by atoms with van der Waals surface area (Å²) in [6, 6.07) is 13.9. The number of halogens is 3. The van der Waals surface area contributed by atoms with E-state index in [0.717, 1.165) is 22.2 Å². The number of hydrogen-bond acceptors (Lipinski definition) is 1. The van der Waals surface area contributed by atoms with Crippen LogP contribution in [-0.4, -0.2) is 0 Å². The predicted molar refractivity (Wildman–Crippen MR) is 77.6 cm³/mol. The van der Waals surface area contributed by atoms with Gasteiger partial charge in [-0.1, -0.05) is 52.7 Å². The van der Waals surface area contributed by atoms with E-state index in [2.05, 4.69) is 16.1 Å². The highest BCUT2D eigenvalue weighted by Gasteiger charge is 2.13. The molecule has 2 aromatic carbocycles. The molecule has 0 N–H and O–H groups in total. The van der Waals surface area contributed by atoms with Crippen molar-refractivity contribution < 1.29 is 21.5 Å². The Kier molecular flexibility index (Phi) is 4.85. The molecule has 0 aliphatic rings. The second kappa shape index (κ2) is 6.23. The van der Waals surface area contributed by atoms with E-state index in [1.165, 1.54) is 10.2 Å². The summed E-state index contributed by atoms with van der Waals surface area (Å²) in [5, 5.41) is 1.58. The van der Waals surface area contributed by atoms with Crippen molar-refractivity contribution in [1.82, 2.24) is 0 Å².